The lowest BCUT2D eigenvalue weighted by atomic mass is 10.1. The molecule has 0 saturated carbocycles. The third-order valence-electron chi connectivity index (χ3n) is 4.65. The molecule has 2 aromatic carbocycles. The first-order chi connectivity index (χ1) is 14.7. The molecule has 0 radical (unpaired) electrons. The number of nitrogens with zero attached hydrogens (tertiary/aromatic N) is 3. The first-order valence-corrected chi connectivity index (χ1v) is 9.77. The molecule has 4 rings (SSSR count). The van der Waals surface area contributed by atoms with Crippen molar-refractivity contribution in [2.24, 2.45) is 0 Å². The molecule has 0 aliphatic rings. The van der Waals surface area contributed by atoms with E-state index in [-0.39, 0.29) is 6.03 Å². The van der Waals surface area contributed by atoms with Gasteiger partial charge in [-0.2, -0.15) is 0 Å². The van der Waals surface area contributed by atoms with Gasteiger partial charge in [0, 0.05) is 43.2 Å². The van der Waals surface area contributed by atoms with Gasteiger partial charge < -0.3 is 19.6 Å². The minimum absolute atomic E-state index is 0.250. The summed E-state index contributed by atoms with van der Waals surface area (Å²) in [6, 6.07) is 15.5. The molecular weight excluding hydrogens is 378 g/mol. The highest BCUT2D eigenvalue weighted by Crippen LogP contribution is 2.19. The average molecular weight is 401 g/mol. The average Bonchev–Trinajstić information content (AvgIpc) is 3.42. The van der Waals surface area contributed by atoms with Crippen molar-refractivity contribution >= 4 is 11.7 Å². The molecule has 0 atom stereocenters. The van der Waals surface area contributed by atoms with E-state index in [0.29, 0.717) is 18.9 Å². The maximum atomic E-state index is 12.1. The Labute approximate surface area is 174 Å². The highest BCUT2D eigenvalue weighted by atomic mass is 16.3. The van der Waals surface area contributed by atoms with Crippen LogP contribution in [0.15, 0.2) is 77.9 Å². The zero-order valence-electron chi connectivity index (χ0n) is 16.7. The fourth-order valence-corrected chi connectivity index (χ4v) is 3.01. The Bertz CT molecular complexity index is 1080. The van der Waals surface area contributed by atoms with E-state index in [1.807, 2.05) is 66.2 Å². The highest BCUT2D eigenvalue weighted by Gasteiger charge is 2.07. The van der Waals surface area contributed by atoms with Crippen molar-refractivity contribution in [2.75, 3.05) is 11.9 Å². The largest absolute Gasteiger partial charge is 0.444 e. The summed E-state index contributed by atoms with van der Waals surface area (Å²) < 4.78 is 7.54. The molecule has 30 heavy (non-hydrogen) atoms. The molecule has 7 heteroatoms. The molecule has 152 valence electrons. The van der Waals surface area contributed by atoms with Crippen molar-refractivity contribution in [3.63, 3.8) is 0 Å². The van der Waals surface area contributed by atoms with Crippen molar-refractivity contribution in [1.82, 2.24) is 19.9 Å². The van der Waals surface area contributed by atoms with Gasteiger partial charge in [-0.1, -0.05) is 29.8 Å². The summed E-state index contributed by atoms with van der Waals surface area (Å²) in [6.07, 6.45) is 7.67. The van der Waals surface area contributed by atoms with Crippen LogP contribution < -0.4 is 10.6 Å². The summed E-state index contributed by atoms with van der Waals surface area (Å²) in [7, 11) is 0. The summed E-state index contributed by atoms with van der Waals surface area (Å²) in [5.41, 5.74) is 4.80. The van der Waals surface area contributed by atoms with E-state index in [4.69, 9.17) is 4.42 Å². The van der Waals surface area contributed by atoms with E-state index in [1.165, 1.54) is 5.56 Å². The number of rotatable bonds is 7. The van der Waals surface area contributed by atoms with Crippen LogP contribution >= 0.6 is 0 Å². The van der Waals surface area contributed by atoms with Gasteiger partial charge in [0.25, 0.3) is 0 Å². The molecule has 0 aliphatic heterocycles. The Morgan fingerprint density at radius 3 is 2.63 bits per heavy atom. The van der Waals surface area contributed by atoms with E-state index in [9.17, 15) is 4.79 Å². The molecule has 0 saturated heterocycles. The van der Waals surface area contributed by atoms with E-state index >= 15 is 0 Å². The SMILES string of the molecule is Cc1ccc(-c2nc(CCNC(=O)Nc3ccc(Cn4ccnc4)cc3)co2)cc1. The normalized spacial score (nSPS) is 10.7. The number of aryl methyl sites for hydroxylation is 1. The first-order valence-electron chi connectivity index (χ1n) is 9.77. The smallest absolute Gasteiger partial charge is 0.319 e. The molecule has 2 amide bonds. The summed E-state index contributed by atoms with van der Waals surface area (Å²) in [4.78, 5) is 20.6. The van der Waals surface area contributed by atoms with E-state index in [2.05, 4.69) is 20.6 Å². The molecule has 2 heterocycles. The van der Waals surface area contributed by atoms with Crippen LogP contribution in [0.4, 0.5) is 10.5 Å². The number of hydrogen-bond donors (Lipinski definition) is 2. The Kier molecular flexibility index (Phi) is 5.89. The summed E-state index contributed by atoms with van der Waals surface area (Å²) in [6.45, 7) is 3.25. The predicted molar refractivity (Wildman–Crippen MR) is 115 cm³/mol. The van der Waals surface area contributed by atoms with Gasteiger partial charge in [0.2, 0.25) is 5.89 Å². The van der Waals surface area contributed by atoms with Crippen molar-refractivity contribution in [2.45, 2.75) is 19.9 Å². The van der Waals surface area contributed by atoms with Gasteiger partial charge in [-0.15, -0.1) is 0 Å². The Balaban J connectivity index is 1.23. The molecule has 0 aliphatic carbocycles. The second-order valence-corrected chi connectivity index (χ2v) is 7.07. The number of oxazole rings is 1. The van der Waals surface area contributed by atoms with Gasteiger partial charge in [0.15, 0.2) is 0 Å². The third kappa shape index (κ3) is 5.14. The lowest BCUT2D eigenvalue weighted by molar-refractivity contribution is 0.252. The molecular formula is C23H23N5O2. The number of aromatic nitrogens is 3. The first kappa shape index (κ1) is 19.4. The van der Waals surface area contributed by atoms with Gasteiger partial charge in [-0.25, -0.2) is 14.8 Å². The van der Waals surface area contributed by atoms with Crippen LogP contribution in [0.3, 0.4) is 0 Å². The quantitative estimate of drug-likeness (QED) is 0.485. The van der Waals surface area contributed by atoms with Gasteiger partial charge in [-0.3, -0.25) is 0 Å². The summed E-state index contributed by atoms with van der Waals surface area (Å²) in [5.74, 6) is 0.588. The fourth-order valence-electron chi connectivity index (χ4n) is 3.01. The number of imidazole rings is 1. The van der Waals surface area contributed by atoms with Gasteiger partial charge >= 0.3 is 6.03 Å². The van der Waals surface area contributed by atoms with E-state index in [0.717, 1.165) is 29.1 Å². The van der Waals surface area contributed by atoms with Gasteiger partial charge in [-0.05, 0) is 36.8 Å². The standard InChI is InChI=1S/C23H23N5O2/c1-17-2-6-19(7-3-17)22-26-21(15-30-22)10-11-25-23(29)27-20-8-4-18(5-9-20)14-28-13-12-24-16-28/h2-9,12-13,15-16H,10-11,14H2,1H3,(H2,25,27,29). The molecule has 4 aromatic rings. The van der Waals surface area contributed by atoms with Crippen LogP contribution in [-0.4, -0.2) is 27.1 Å². The number of nitrogens with one attached hydrogen (secondary N) is 2. The van der Waals surface area contributed by atoms with Crippen LogP contribution in [0.5, 0.6) is 0 Å². The minimum atomic E-state index is -0.250. The Morgan fingerprint density at radius 1 is 1.10 bits per heavy atom. The molecule has 0 unspecified atom stereocenters. The second-order valence-electron chi connectivity index (χ2n) is 7.07. The van der Waals surface area contributed by atoms with Crippen LogP contribution in [0, 0.1) is 6.92 Å². The van der Waals surface area contributed by atoms with Crippen LogP contribution in [0.2, 0.25) is 0 Å². The van der Waals surface area contributed by atoms with Crippen molar-refractivity contribution < 1.29 is 9.21 Å². The van der Waals surface area contributed by atoms with Crippen LogP contribution in [0.1, 0.15) is 16.8 Å². The van der Waals surface area contributed by atoms with Crippen molar-refractivity contribution in [1.29, 1.82) is 0 Å². The molecule has 0 fully saturated rings. The molecule has 2 N–H and O–H groups in total. The zero-order valence-corrected chi connectivity index (χ0v) is 16.7. The number of anilines is 1. The lowest BCUT2D eigenvalue weighted by Crippen LogP contribution is -2.30. The molecule has 0 bridgehead atoms. The number of carbonyl (C=O) groups excluding carboxylic acids is 1. The Morgan fingerprint density at radius 2 is 1.90 bits per heavy atom. The number of amides is 2. The lowest BCUT2D eigenvalue weighted by Gasteiger charge is -2.08. The third-order valence-corrected chi connectivity index (χ3v) is 4.65. The zero-order chi connectivity index (χ0) is 20.8. The van der Waals surface area contributed by atoms with Crippen LogP contribution in [0.25, 0.3) is 11.5 Å². The fraction of sp³-hybridized carbons (Fsp3) is 0.174. The van der Waals surface area contributed by atoms with Gasteiger partial charge in [0.05, 0.1) is 12.0 Å². The van der Waals surface area contributed by atoms with Crippen LogP contribution in [-0.2, 0) is 13.0 Å². The van der Waals surface area contributed by atoms with Crippen molar-refractivity contribution in [3.8, 4) is 11.5 Å². The monoisotopic (exact) mass is 401 g/mol. The summed E-state index contributed by atoms with van der Waals surface area (Å²) >= 11 is 0. The maximum absolute atomic E-state index is 12.1. The predicted octanol–water partition coefficient (Wildman–Crippen LogP) is 4.26. The number of benzene rings is 2. The topological polar surface area (TPSA) is 85.0 Å². The minimum Gasteiger partial charge on any atom is -0.444 e. The van der Waals surface area contributed by atoms with E-state index in [1.54, 1.807) is 18.8 Å². The summed E-state index contributed by atoms with van der Waals surface area (Å²) in [5, 5.41) is 5.68. The number of urea groups is 1. The highest BCUT2D eigenvalue weighted by molar-refractivity contribution is 5.89. The number of carbonyl (C=O) groups is 1. The molecule has 2 aromatic heterocycles. The van der Waals surface area contributed by atoms with Gasteiger partial charge in [0.1, 0.15) is 6.26 Å². The molecule has 0 spiro atoms. The number of hydrogen-bond acceptors (Lipinski definition) is 4. The van der Waals surface area contributed by atoms with E-state index < -0.39 is 0 Å². The second kappa shape index (κ2) is 9.09. The maximum Gasteiger partial charge on any atom is 0.319 e. The Hall–Kier alpha value is -3.87. The van der Waals surface area contributed by atoms with Crippen molar-refractivity contribution in [3.05, 3.63) is 90.3 Å². The molecule has 7 nitrogen and oxygen atoms in total.